The van der Waals surface area contributed by atoms with Crippen molar-refractivity contribution < 1.29 is 9.53 Å². The van der Waals surface area contributed by atoms with Gasteiger partial charge in [-0.25, -0.2) is 4.79 Å². The molecule has 0 aromatic heterocycles. The van der Waals surface area contributed by atoms with Gasteiger partial charge in [-0.05, 0) is 56.7 Å². The van der Waals surface area contributed by atoms with E-state index in [1.807, 2.05) is 13.2 Å². The lowest BCUT2D eigenvalue weighted by atomic mass is 10.0. The Morgan fingerprint density at radius 3 is 2.68 bits per heavy atom. The number of benzene rings is 1. The van der Waals surface area contributed by atoms with E-state index in [4.69, 9.17) is 4.74 Å². The van der Waals surface area contributed by atoms with Crippen molar-refractivity contribution in [3.05, 3.63) is 28.8 Å². The first kappa shape index (κ1) is 15.9. The second kappa shape index (κ2) is 7.43. The van der Waals surface area contributed by atoms with E-state index in [1.54, 1.807) is 11.8 Å². The highest BCUT2D eigenvalue weighted by atomic mass is 32.2. The number of hydrogen-bond donors (Lipinski definition) is 1. The summed E-state index contributed by atoms with van der Waals surface area (Å²) in [6, 6.07) is 3.87. The van der Waals surface area contributed by atoms with Gasteiger partial charge in [-0.2, -0.15) is 11.8 Å². The molecule has 0 amide bonds. The molecular weight excluding hydrogens is 258 g/mol. The van der Waals surface area contributed by atoms with E-state index in [-0.39, 0.29) is 12.0 Å². The number of thioether (sulfide) groups is 1. The highest BCUT2D eigenvalue weighted by Gasteiger charge is 2.15. The van der Waals surface area contributed by atoms with Crippen LogP contribution in [0.5, 0.6) is 0 Å². The number of hydrogen-bond acceptors (Lipinski definition) is 4. The molecule has 0 aliphatic heterocycles. The summed E-state index contributed by atoms with van der Waals surface area (Å²) in [7, 11) is 0. The first-order valence-electron chi connectivity index (χ1n) is 6.45. The fraction of sp³-hybridized carbons (Fsp3) is 0.533. The van der Waals surface area contributed by atoms with Crippen LogP contribution >= 0.6 is 11.8 Å². The van der Waals surface area contributed by atoms with Gasteiger partial charge in [0.25, 0.3) is 0 Å². The molecule has 0 bridgehead atoms. The van der Waals surface area contributed by atoms with Crippen LogP contribution < -0.4 is 5.32 Å². The van der Waals surface area contributed by atoms with Gasteiger partial charge in [0.05, 0.1) is 0 Å². The molecule has 0 spiro atoms. The topological polar surface area (TPSA) is 38.3 Å². The van der Waals surface area contributed by atoms with Gasteiger partial charge in [0.2, 0.25) is 0 Å². The Balaban J connectivity index is 2.66. The smallest absolute Gasteiger partial charge is 0.328 e. The van der Waals surface area contributed by atoms with E-state index in [0.717, 1.165) is 11.4 Å². The van der Waals surface area contributed by atoms with Crippen LogP contribution in [-0.2, 0) is 9.53 Å². The maximum Gasteiger partial charge on any atom is 0.328 e. The molecule has 0 fully saturated rings. The van der Waals surface area contributed by atoms with Crippen molar-refractivity contribution in [3.63, 3.8) is 0 Å². The highest BCUT2D eigenvalue weighted by Crippen LogP contribution is 2.21. The van der Waals surface area contributed by atoms with E-state index in [9.17, 15) is 4.79 Å². The molecule has 0 unspecified atom stereocenters. The highest BCUT2D eigenvalue weighted by molar-refractivity contribution is 7.98. The normalized spacial score (nSPS) is 12.1. The third-order valence-electron chi connectivity index (χ3n) is 3.07. The van der Waals surface area contributed by atoms with E-state index < -0.39 is 0 Å². The second-order valence-corrected chi connectivity index (χ2v) is 5.77. The quantitative estimate of drug-likeness (QED) is 0.641. The molecule has 4 heteroatoms. The Morgan fingerprint density at radius 1 is 1.37 bits per heavy atom. The fourth-order valence-electron chi connectivity index (χ4n) is 1.83. The number of aryl methyl sites for hydroxylation is 2. The van der Waals surface area contributed by atoms with Crippen LogP contribution in [0.3, 0.4) is 0 Å². The number of carbonyl (C=O) groups excluding carboxylic acids is 1. The summed E-state index contributed by atoms with van der Waals surface area (Å²) in [5.74, 6) is 0.633. The number of carbonyl (C=O) groups is 1. The zero-order valence-corrected chi connectivity index (χ0v) is 13.2. The minimum atomic E-state index is -0.332. The van der Waals surface area contributed by atoms with Crippen LogP contribution in [0.15, 0.2) is 12.1 Å². The van der Waals surface area contributed by atoms with E-state index in [1.165, 1.54) is 16.7 Å². The molecular formula is C15H23NO2S. The van der Waals surface area contributed by atoms with Crippen molar-refractivity contribution in [2.24, 2.45) is 0 Å². The van der Waals surface area contributed by atoms with Crippen LogP contribution in [-0.4, -0.2) is 30.6 Å². The minimum Gasteiger partial charge on any atom is -0.463 e. The molecule has 0 heterocycles. The minimum absolute atomic E-state index is 0.201. The van der Waals surface area contributed by atoms with Gasteiger partial charge in [-0.1, -0.05) is 6.07 Å². The predicted octanol–water partition coefficient (Wildman–Crippen LogP) is 3.32. The molecule has 106 valence electrons. The Hall–Kier alpha value is -1.16. The summed E-state index contributed by atoms with van der Waals surface area (Å²) < 4.78 is 5.19. The zero-order chi connectivity index (χ0) is 14.4. The average molecular weight is 281 g/mol. The molecule has 1 N–H and O–H groups in total. The zero-order valence-electron chi connectivity index (χ0n) is 12.4. The van der Waals surface area contributed by atoms with Crippen molar-refractivity contribution >= 4 is 23.4 Å². The Bertz CT molecular complexity index is 446. The summed E-state index contributed by atoms with van der Waals surface area (Å²) in [5, 5.41) is 3.24. The van der Waals surface area contributed by atoms with E-state index in [2.05, 4.69) is 38.2 Å². The Kier molecular flexibility index (Phi) is 6.22. The number of nitrogens with one attached hydrogen (secondary N) is 1. The van der Waals surface area contributed by atoms with Gasteiger partial charge in [0.15, 0.2) is 0 Å². The van der Waals surface area contributed by atoms with Crippen LogP contribution in [0.4, 0.5) is 5.69 Å². The molecule has 19 heavy (non-hydrogen) atoms. The first-order chi connectivity index (χ1) is 8.95. The van der Waals surface area contributed by atoms with Crippen molar-refractivity contribution in [2.75, 3.05) is 23.9 Å². The third kappa shape index (κ3) is 4.78. The van der Waals surface area contributed by atoms with Gasteiger partial charge in [-0.3, -0.25) is 0 Å². The van der Waals surface area contributed by atoms with Gasteiger partial charge < -0.3 is 10.1 Å². The molecule has 3 nitrogen and oxygen atoms in total. The molecule has 0 aliphatic rings. The summed E-state index contributed by atoms with van der Waals surface area (Å²) in [4.78, 5) is 11.8. The predicted molar refractivity (Wildman–Crippen MR) is 83.1 cm³/mol. The molecule has 0 saturated carbocycles. The summed E-state index contributed by atoms with van der Waals surface area (Å²) in [5.41, 5.74) is 4.60. The lowest BCUT2D eigenvalue weighted by Gasteiger charge is -2.18. The van der Waals surface area contributed by atoms with Gasteiger partial charge in [0.1, 0.15) is 12.6 Å². The Labute approximate surface area is 120 Å². The molecule has 1 atom stereocenters. The fourth-order valence-corrected chi connectivity index (χ4v) is 2.08. The molecule has 0 saturated heterocycles. The Morgan fingerprint density at radius 2 is 2.05 bits per heavy atom. The first-order valence-corrected chi connectivity index (χ1v) is 7.85. The summed E-state index contributed by atoms with van der Waals surface area (Å²) in [6.07, 6.45) is 1.99. The lowest BCUT2D eigenvalue weighted by molar-refractivity contribution is -0.143. The number of rotatable bonds is 6. The van der Waals surface area contributed by atoms with Crippen LogP contribution in [0.25, 0.3) is 0 Å². The number of ether oxygens (including phenoxy) is 1. The third-order valence-corrected chi connectivity index (χ3v) is 3.64. The van der Waals surface area contributed by atoms with Crippen LogP contribution in [0, 0.1) is 20.8 Å². The average Bonchev–Trinajstić information content (AvgIpc) is 2.35. The van der Waals surface area contributed by atoms with Gasteiger partial charge in [-0.15, -0.1) is 0 Å². The van der Waals surface area contributed by atoms with Crippen molar-refractivity contribution in [2.45, 2.75) is 33.7 Å². The van der Waals surface area contributed by atoms with Gasteiger partial charge in [0, 0.05) is 11.4 Å². The van der Waals surface area contributed by atoms with E-state index in [0.29, 0.717) is 6.61 Å². The summed E-state index contributed by atoms with van der Waals surface area (Å²) >= 11 is 1.67. The number of esters is 1. The molecule has 1 aromatic rings. The van der Waals surface area contributed by atoms with Crippen molar-refractivity contribution in [3.8, 4) is 0 Å². The van der Waals surface area contributed by atoms with Crippen LogP contribution in [0.2, 0.25) is 0 Å². The van der Waals surface area contributed by atoms with Gasteiger partial charge >= 0.3 is 5.97 Å². The van der Waals surface area contributed by atoms with Crippen molar-refractivity contribution in [1.82, 2.24) is 0 Å². The van der Waals surface area contributed by atoms with E-state index >= 15 is 0 Å². The monoisotopic (exact) mass is 281 g/mol. The molecule has 0 aliphatic carbocycles. The maximum absolute atomic E-state index is 11.8. The molecule has 1 aromatic carbocycles. The summed E-state index contributed by atoms with van der Waals surface area (Å²) in [6.45, 7) is 8.49. The standard InChI is InChI=1S/C15H23NO2S/c1-10-8-11(2)12(3)14(9-10)16-13(4)15(17)18-6-7-19-5/h8-9,13,16H,6-7H2,1-5H3/t13-/m0/s1. The number of anilines is 1. The SMILES string of the molecule is CSCCOC(=O)[C@H](C)Nc1cc(C)cc(C)c1C. The molecule has 1 rings (SSSR count). The van der Waals surface area contributed by atoms with Crippen molar-refractivity contribution in [1.29, 1.82) is 0 Å². The largest absolute Gasteiger partial charge is 0.463 e. The lowest BCUT2D eigenvalue weighted by Crippen LogP contribution is -2.29. The van der Waals surface area contributed by atoms with Crippen LogP contribution in [0.1, 0.15) is 23.6 Å². The maximum atomic E-state index is 11.8. The second-order valence-electron chi connectivity index (χ2n) is 4.78. The molecule has 0 radical (unpaired) electrons.